The molecule has 0 amide bonds. The van der Waals surface area contributed by atoms with Crippen molar-refractivity contribution in [3.8, 4) is 5.75 Å². The van der Waals surface area contributed by atoms with Crippen LogP contribution in [0.1, 0.15) is 49.4 Å². The summed E-state index contributed by atoms with van der Waals surface area (Å²) in [5.41, 5.74) is 0.751. The van der Waals surface area contributed by atoms with E-state index in [9.17, 15) is 9.18 Å². The van der Waals surface area contributed by atoms with E-state index in [-0.39, 0.29) is 23.8 Å². The van der Waals surface area contributed by atoms with Gasteiger partial charge in [0.05, 0.1) is 16.1 Å². The van der Waals surface area contributed by atoms with Gasteiger partial charge in [-0.2, -0.15) is 0 Å². The van der Waals surface area contributed by atoms with Crippen molar-refractivity contribution in [2.75, 3.05) is 6.61 Å². The third-order valence-corrected chi connectivity index (χ3v) is 5.31. The number of halogens is 3. The molecule has 0 saturated carbocycles. The predicted octanol–water partition coefficient (Wildman–Crippen LogP) is 7.04. The Morgan fingerprint density at radius 1 is 1.28 bits per heavy atom. The number of esters is 1. The van der Waals surface area contributed by atoms with E-state index in [2.05, 4.69) is 15.9 Å². The zero-order chi connectivity index (χ0) is 21.3. The van der Waals surface area contributed by atoms with Crippen LogP contribution in [-0.4, -0.2) is 12.6 Å². The highest BCUT2D eigenvalue weighted by Gasteiger charge is 2.30. The maximum absolute atomic E-state index is 14.0. The van der Waals surface area contributed by atoms with Crippen molar-refractivity contribution < 1.29 is 23.1 Å². The lowest BCUT2D eigenvalue weighted by Crippen LogP contribution is -2.16. The van der Waals surface area contributed by atoms with Gasteiger partial charge in [0.1, 0.15) is 35.1 Å². The molecule has 0 aliphatic rings. The van der Waals surface area contributed by atoms with Crippen molar-refractivity contribution in [2.45, 2.75) is 39.7 Å². The molecule has 29 heavy (non-hydrogen) atoms. The Kier molecular flexibility index (Phi) is 6.24. The van der Waals surface area contributed by atoms with Crippen LogP contribution in [0.4, 0.5) is 4.39 Å². The van der Waals surface area contributed by atoms with Crippen LogP contribution in [0.25, 0.3) is 11.0 Å². The first-order valence-corrected chi connectivity index (χ1v) is 10.3. The van der Waals surface area contributed by atoms with Crippen molar-refractivity contribution in [2.24, 2.45) is 0 Å². The summed E-state index contributed by atoms with van der Waals surface area (Å²) in [4.78, 5) is 12.7. The Balaban J connectivity index is 2.07. The number of hydrogen-bond donors (Lipinski definition) is 0. The molecule has 0 unspecified atom stereocenters. The van der Waals surface area contributed by atoms with Gasteiger partial charge < -0.3 is 13.9 Å². The minimum atomic E-state index is -0.457. The smallest absolute Gasteiger partial charge is 0.342 e. The summed E-state index contributed by atoms with van der Waals surface area (Å²) in [6.07, 6.45) is 0. The summed E-state index contributed by atoms with van der Waals surface area (Å²) in [7, 11) is 0. The van der Waals surface area contributed by atoms with E-state index in [1.165, 1.54) is 12.1 Å². The SMILES string of the molecule is CCOC(=O)c1c(C(C)(C)C)oc2cc(Br)c(OCc3c(F)cccc3Cl)cc12. The van der Waals surface area contributed by atoms with Gasteiger partial charge in [-0.3, -0.25) is 0 Å². The zero-order valence-corrected chi connectivity index (χ0v) is 18.9. The molecule has 2 aromatic carbocycles. The summed E-state index contributed by atoms with van der Waals surface area (Å²) in [5.74, 6) is 0.0672. The van der Waals surface area contributed by atoms with Crippen LogP contribution in [0.15, 0.2) is 39.2 Å². The molecule has 4 nitrogen and oxygen atoms in total. The zero-order valence-electron chi connectivity index (χ0n) is 16.6. The Bertz CT molecular complexity index is 1050. The summed E-state index contributed by atoms with van der Waals surface area (Å²) < 4.78 is 31.7. The van der Waals surface area contributed by atoms with Gasteiger partial charge in [-0.05, 0) is 47.1 Å². The molecular weight excluding hydrogens is 463 g/mol. The summed E-state index contributed by atoms with van der Waals surface area (Å²) in [5, 5.41) is 0.860. The van der Waals surface area contributed by atoms with Crippen molar-refractivity contribution in [1.82, 2.24) is 0 Å². The van der Waals surface area contributed by atoms with Crippen LogP contribution in [-0.2, 0) is 16.8 Å². The molecule has 1 heterocycles. The van der Waals surface area contributed by atoms with Gasteiger partial charge in [-0.25, -0.2) is 9.18 Å². The number of hydrogen-bond acceptors (Lipinski definition) is 4. The maximum Gasteiger partial charge on any atom is 0.342 e. The number of rotatable bonds is 5. The third kappa shape index (κ3) is 4.43. The Morgan fingerprint density at radius 2 is 2.00 bits per heavy atom. The van der Waals surface area contributed by atoms with Crippen LogP contribution in [0.2, 0.25) is 5.02 Å². The molecule has 7 heteroatoms. The molecule has 1 aromatic heterocycles. The first kappa shape index (κ1) is 21.7. The maximum atomic E-state index is 14.0. The molecule has 154 valence electrons. The molecule has 0 N–H and O–H groups in total. The highest BCUT2D eigenvalue weighted by molar-refractivity contribution is 9.10. The minimum Gasteiger partial charge on any atom is -0.488 e. The molecule has 3 rings (SSSR count). The van der Waals surface area contributed by atoms with Gasteiger partial charge in [0.25, 0.3) is 0 Å². The fraction of sp³-hybridized carbons (Fsp3) is 0.318. The third-order valence-electron chi connectivity index (χ3n) is 4.34. The average molecular weight is 484 g/mol. The highest BCUT2D eigenvalue weighted by Crippen LogP contribution is 2.39. The Labute approximate surface area is 182 Å². The summed E-state index contributed by atoms with van der Waals surface area (Å²) >= 11 is 9.53. The lowest BCUT2D eigenvalue weighted by atomic mass is 9.89. The number of fused-ring (bicyclic) bond motifs is 1. The van der Waals surface area contributed by atoms with Crippen LogP contribution >= 0.6 is 27.5 Å². The normalized spacial score (nSPS) is 11.7. The van der Waals surface area contributed by atoms with Crippen molar-refractivity contribution in [3.05, 3.63) is 62.5 Å². The Morgan fingerprint density at radius 3 is 2.62 bits per heavy atom. The van der Waals surface area contributed by atoms with Gasteiger partial charge in [-0.1, -0.05) is 38.4 Å². The van der Waals surface area contributed by atoms with E-state index in [1.54, 1.807) is 25.1 Å². The largest absolute Gasteiger partial charge is 0.488 e. The van der Waals surface area contributed by atoms with E-state index in [0.29, 0.717) is 32.5 Å². The second-order valence-electron chi connectivity index (χ2n) is 7.54. The molecule has 0 atom stereocenters. The predicted molar refractivity (Wildman–Crippen MR) is 114 cm³/mol. The second kappa shape index (κ2) is 8.36. The lowest BCUT2D eigenvalue weighted by Gasteiger charge is -2.16. The number of ether oxygens (including phenoxy) is 2. The Hall–Kier alpha value is -2.05. The average Bonchev–Trinajstić information content (AvgIpc) is 3.00. The van der Waals surface area contributed by atoms with Crippen LogP contribution in [0.3, 0.4) is 0 Å². The van der Waals surface area contributed by atoms with E-state index in [1.807, 2.05) is 20.8 Å². The first-order valence-electron chi connectivity index (χ1n) is 9.12. The standard InChI is InChI=1S/C22H21BrClFO4/c1-5-27-21(26)19-12-9-18(28-11-13-15(24)7-6-8-16(13)25)14(23)10-17(12)29-20(19)22(2,3)4/h6-10H,5,11H2,1-4H3. The molecule has 0 radical (unpaired) electrons. The molecule has 0 saturated heterocycles. The molecule has 0 spiro atoms. The van der Waals surface area contributed by atoms with E-state index < -0.39 is 17.2 Å². The molecule has 0 fully saturated rings. The fourth-order valence-electron chi connectivity index (χ4n) is 2.96. The summed E-state index contributed by atoms with van der Waals surface area (Å²) in [6.45, 7) is 7.82. The van der Waals surface area contributed by atoms with E-state index in [4.69, 9.17) is 25.5 Å². The minimum absolute atomic E-state index is 0.0612. The molecule has 0 bridgehead atoms. The van der Waals surface area contributed by atoms with Crippen LogP contribution in [0, 0.1) is 5.82 Å². The monoisotopic (exact) mass is 482 g/mol. The van der Waals surface area contributed by atoms with Gasteiger partial charge in [0.2, 0.25) is 0 Å². The van der Waals surface area contributed by atoms with Crippen molar-refractivity contribution in [3.63, 3.8) is 0 Å². The van der Waals surface area contributed by atoms with Gasteiger partial charge >= 0.3 is 5.97 Å². The first-order chi connectivity index (χ1) is 13.6. The molecular formula is C22H21BrClFO4. The lowest BCUT2D eigenvalue weighted by molar-refractivity contribution is 0.0523. The van der Waals surface area contributed by atoms with Gasteiger partial charge in [-0.15, -0.1) is 0 Å². The molecule has 3 aromatic rings. The van der Waals surface area contributed by atoms with Gasteiger partial charge in [0, 0.05) is 16.4 Å². The highest BCUT2D eigenvalue weighted by atomic mass is 79.9. The fourth-order valence-corrected chi connectivity index (χ4v) is 3.62. The topological polar surface area (TPSA) is 48.7 Å². The number of carbonyl (C=O) groups excluding carboxylic acids is 1. The van der Waals surface area contributed by atoms with Crippen LogP contribution < -0.4 is 4.74 Å². The van der Waals surface area contributed by atoms with Crippen molar-refractivity contribution >= 4 is 44.5 Å². The van der Waals surface area contributed by atoms with Crippen molar-refractivity contribution in [1.29, 1.82) is 0 Å². The van der Waals surface area contributed by atoms with Gasteiger partial charge in [0.15, 0.2) is 0 Å². The number of furan rings is 1. The van der Waals surface area contributed by atoms with Crippen LogP contribution in [0.5, 0.6) is 5.75 Å². The molecule has 0 aliphatic carbocycles. The number of benzene rings is 2. The van der Waals surface area contributed by atoms with E-state index >= 15 is 0 Å². The molecule has 0 aliphatic heterocycles. The van der Waals surface area contributed by atoms with E-state index in [0.717, 1.165) is 0 Å². The second-order valence-corrected chi connectivity index (χ2v) is 8.81. The quantitative estimate of drug-likeness (QED) is 0.365. The number of carbonyl (C=O) groups is 1. The summed E-state index contributed by atoms with van der Waals surface area (Å²) in [6, 6.07) is 7.89.